The molecule has 21 heavy (non-hydrogen) atoms. The molecule has 0 aromatic heterocycles. The van der Waals surface area contributed by atoms with Gasteiger partial charge >= 0.3 is 0 Å². The quantitative estimate of drug-likeness (QED) is 0.816. The Bertz CT molecular complexity index is 320. The molecule has 2 rings (SSSR count). The van der Waals surface area contributed by atoms with Crippen LogP contribution in [-0.4, -0.2) is 36.8 Å². The Labute approximate surface area is 136 Å². The number of rotatable bonds is 5. The lowest BCUT2D eigenvalue weighted by Crippen LogP contribution is -2.46. The van der Waals surface area contributed by atoms with Gasteiger partial charge in [-0.25, -0.2) is 0 Å². The largest absolute Gasteiger partial charge is 0.374 e. The van der Waals surface area contributed by atoms with Crippen LogP contribution in [0, 0.1) is 17.3 Å². The summed E-state index contributed by atoms with van der Waals surface area (Å²) in [6, 6.07) is 0.661. The molecule has 2 nitrogen and oxygen atoms in total. The minimum absolute atomic E-state index is 0.218. The summed E-state index contributed by atoms with van der Waals surface area (Å²) in [6.45, 7) is 10.5. The van der Waals surface area contributed by atoms with Gasteiger partial charge in [-0.3, -0.25) is 0 Å². The van der Waals surface area contributed by atoms with Crippen LogP contribution in [0.25, 0.3) is 0 Å². The molecule has 2 fully saturated rings. The van der Waals surface area contributed by atoms with Crippen LogP contribution in [0.2, 0.25) is 0 Å². The van der Waals surface area contributed by atoms with Gasteiger partial charge in [0.1, 0.15) is 0 Å². The molecule has 0 bridgehead atoms. The third kappa shape index (κ3) is 5.14. The molecular weight excluding hydrogens is 278 g/mol. The highest BCUT2D eigenvalue weighted by atomic mass is 32.2. The SMILES string of the molecule is CNC(CC(C)CC(C)(C)C)C1CCOC2(CCSC2)C1. The summed E-state index contributed by atoms with van der Waals surface area (Å²) in [7, 11) is 2.15. The van der Waals surface area contributed by atoms with Crippen molar-refractivity contribution in [2.24, 2.45) is 17.3 Å². The lowest BCUT2D eigenvalue weighted by molar-refractivity contribution is -0.0859. The van der Waals surface area contributed by atoms with E-state index in [0.29, 0.717) is 11.5 Å². The Morgan fingerprint density at radius 1 is 1.38 bits per heavy atom. The molecule has 3 heteroatoms. The van der Waals surface area contributed by atoms with Crippen LogP contribution in [0.4, 0.5) is 0 Å². The molecule has 2 aliphatic rings. The van der Waals surface area contributed by atoms with E-state index in [4.69, 9.17) is 4.74 Å². The summed E-state index contributed by atoms with van der Waals surface area (Å²) in [5, 5.41) is 3.63. The molecule has 124 valence electrons. The summed E-state index contributed by atoms with van der Waals surface area (Å²) in [6.07, 6.45) is 6.40. The highest BCUT2D eigenvalue weighted by molar-refractivity contribution is 7.99. The van der Waals surface area contributed by atoms with Gasteiger partial charge in [-0.2, -0.15) is 11.8 Å². The minimum atomic E-state index is 0.218. The topological polar surface area (TPSA) is 21.3 Å². The Balaban J connectivity index is 1.90. The normalized spacial score (nSPS) is 33.3. The second-order valence-corrected chi connectivity index (χ2v) is 9.69. The molecule has 0 aromatic rings. The highest BCUT2D eigenvalue weighted by Crippen LogP contribution is 2.42. The molecule has 0 saturated carbocycles. The van der Waals surface area contributed by atoms with Crippen LogP contribution < -0.4 is 5.32 Å². The van der Waals surface area contributed by atoms with Gasteiger partial charge in [0.25, 0.3) is 0 Å². The minimum Gasteiger partial charge on any atom is -0.374 e. The van der Waals surface area contributed by atoms with Crippen molar-refractivity contribution in [1.29, 1.82) is 0 Å². The molecule has 0 amide bonds. The first-order valence-electron chi connectivity index (χ1n) is 8.72. The monoisotopic (exact) mass is 313 g/mol. The summed E-state index contributed by atoms with van der Waals surface area (Å²) in [4.78, 5) is 0. The molecule has 4 atom stereocenters. The van der Waals surface area contributed by atoms with Gasteiger partial charge < -0.3 is 10.1 Å². The fourth-order valence-corrected chi connectivity index (χ4v) is 5.76. The first kappa shape index (κ1) is 17.6. The zero-order valence-electron chi connectivity index (χ0n) is 14.7. The Morgan fingerprint density at radius 2 is 2.14 bits per heavy atom. The van der Waals surface area contributed by atoms with Crippen LogP contribution in [-0.2, 0) is 4.74 Å². The van der Waals surface area contributed by atoms with Crippen molar-refractivity contribution in [3.63, 3.8) is 0 Å². The van der Waals surface area contributed by atoms with Crippen molar-refractivity contribution in [2.45, 2.75) is 71.4 Å². The lowest BCUT2D eigenvalue weighted by Gasteiger charge is -2.41. The van der Waals surface area contributed by atoms with Gasteiger partial charge in [0.05, 0.1) is 5.60 Å². The molecule has 4 unspecified atom stereocenters. The standard InChI is InChI=1S/C18H35NOS/c1-14(11-17(2,3)4)10-16(19-5)15-6-8-20-18(12-15)7-9-21-13-18/h14-16,19H,6-13H2,1-5H3. The molecule has 2 aliphatic heterocycles. The van der Waals surface area contributed by atoms with Gasteiger partial charge in [-0.15, -0.1) is 0 Å². The number of ether oxygens (including phenoxy) is 1. The van der Waals surface area contributed by atoms with E-state index in [1.165, 1.54) is 43.6 Å². The van der Waals surface area contributed by atoms with Crippen molar-refractivity contribution < 1.29 is 4.74 Å². The molecule has 2 heterocycles. The number of thioether (sulfide) groups is 1. The number of nitrogens with one attached hydrogen (secondary N) is 1. The van der Waals surface area contributed by atoms with E-state index in [9.17, 15) is 0 Å². The van der Waals surface area contributed by atoms with E-state index in [-0.39, 0.29) is 5.60 Å². The third-order valence-electron chi connectivity index (χ3n) is 5.16. The van der Waals surface area contributed by atoms with Crippen LogP contribution in [0.1, 0.15) is 59.8 Å². The maximum absolute atomic E-state index is 6.19. The Kier molecular flexibility index (Phi) is 6.07. The van der Waals surface area contributed by atoms with Gasteiger partial charge in [0.15, 0.2) is 0 Å². The van der Waals surface area contributed by atoms with Crippen molar-refractivity contribution >= 4 is 11.8 Å². The van der Waals surface area contributed by atoms with Gasteiger partial charge in [0.2, 0.25) is 0 Å². The molecule has 0 radical (unpaired) electrons. The molecule has 1 spiro atoms. The highest BCUT2D eigenvalue weighted by Gasteiger charge is 2.42. The molecule has 0 aromatic carbocycles. The summed E-state index contributed by atoms with van der Waals surface area (Å²) in [5.41, 5.74) is 0.659. The fourth-order valence-electron chi connectivity index (χ4n) is 4.38. The Morgan fingerprint density at radius 3 is 2.71 bits per heavy atom. The fraction of sp³-hybridized carbons (Fsp3) is 1.00. The van der Waals surface area contributed by atoms with Gasteiger partial charge in [-0.05, 0) is 62.2 Å². The van der Waals surface area contributed by atoms with E-state index in [1.54, 1.807) is 0 Å². The average Bonchev–Trinajstić information content (AvgIpc) is 2.82. The zero-order chi connectivity index (χ0) is 15.5. The van der Waals surface area contributed by atoms with E-state index < -0.39 is 0 Å². The Hall–Kier alpha value is 0.270. The van der Waals surface area contributed by atoms with Crippen molar-refractivity contribution in [3.05, 3.63) is 0 Å². The summed E-state index contributed by atoms with van der Waals surface area (Å²) >= 11 is 2.08. The maximum Gasteiger partial charge on any atom is 0.0783 e. The number of hydrogen-bond acceptors (Lipinski definition) is 3. The molecular formula is C18H35NOS. The van der Waals surface area contributed by atoms with Crippen molar-refractivity contribution in [2.75, 3.05) is 25.2 Å². The van der Waals surface area contributed by atoms with Crippen LogP contribution in [0.15, 0.2) is 0 Å². The molecule has 2 saturated heterocycles. The predicted molar refractivity (Wildman–Crippen MR) is 94.0 cm³/mol. The second kappa shape index (κ2) is 7.23. The van der Waals surface area contributed by atoms with Gasteiger partial charge in [-0.1, -0.05) is 27.7 Å². The van der Waals surface area contributed by atoms with E-state index in [1.807, 2.05) is 0 Å². The van der Waals surface area contributed by atoms with Gasteiger partial charge in [0, 0.05) is 18.4 Å². The zero-order valence-corrected chi connectivity index (χ0v) is 15.5. The molecule has 0 aliphatic carbocycles. The maximum atomic E-state index is 6.19. The van der Waals surface area contributed by atoms with E-state index in [0.717, 1.165) is 18.4 Å². The van der Waals surface area contributed by atoms with Crippen molar-refractivity contribution in [1.82, 2.24) is 5.32 Å². The third-order valence-corrected chi connectivity index (χ3v) is 6.38. The van der Waals surface area contributed by atoms with Crippen molar-refractivity contribution in [3.8, 4) is 0 Å². The lowest BCUT2D eigenvalue weighted by atomic mass is 9.76. The van der Waals surface area contributed by atoms with Crippen LogP contribution >= 0.6 is 11.8 Å². The molecule has 1 N–H and O–H groups in total. The van der Waals surface area contributed by atoms with Crippen LogP contribution in [0.5, 0.6) is 0 Å². The van der Waals surface area contributed by atoms with E-state index >= 15 is 0 Å². The van der Waals surface area contributed by atoms with E-state index in [2.05, 4.69) is 51.8 Å². The summed E-state index contributed by atoms with van der Waals surface area (Å²) in [5.74, 6) is 4.10. The second-order valence-electron chi connectivity index (χ2n) is 8.59. The number of hydrogen-bond donors (Lipinski definition) is 1. The average molecular weight is 314 g/mol. The van der Waals surface area contributed by atoms with Crippen LogP contribution in [0.3, 0.4) is 0 Å². The first-order valence-corrected chi connectivity index (χ1v) is 9.88. The summed E-state index contributed by atoms with van der Waals surface area (Å²) < 4.78 is 6.19. The predicted octanol–water partition coefficient (Wildman–Crippen LogP) is 4.34. The first-order chi connectivity index (χ1) is 9.84. The smallest absolute Gasteiger partial charge is 0.0783 e.